The molecule has 0 bridgehead atoms. The van der Waals surface area contributed by atoms with E-state index in [0.717, 1.165) is 57.8 Å². The lowest BCUT2D eigenvalue weighted by Crippen LogP contribution is -2.37. The molecule has 43 heavy (non-hydrogen) atoms. The van der Waals surface area contributed by atoms with E-state index in [1.165, 1.54) is 32.1 Å². The number of carbonyl (C=O) groups is 2. The molecule has 0 saturated heterocycles. The number of likely N-dealkylation sites (N-methyl/N-ethyl adjacent to an activating group) is 1. The first-order valence-corrected chi connectivity index (χ1v) is 18.1. The first-order valence-electron chi connectivity index (χ1n) is 16.6. The number of esters is 2. The molecule has 0 aromatic rings. The van der Waals surface area contributed by atoms with Crippen molar-refractivity contribution in [3.8, 4) is 0 Å². The Labute approximate surface area is 262 Å². The first kappa shape index (κ1) is 41.5. The third-order valence-corrected chi connectivity index (χ3v) is 7.72. The first-order chi connectivity index (χ1) is 20.5. The van der Waals surface area contributed by atoms with E-state index >= 15 is 0 Å². The van der Waals surface area contributed by atoms with Gasteiger partial charge in [0, 0.05) is 12.8 Å². The van der Waals surface area contributed by atoms with Crippen molar-refractivity contribution in [2.24, 2.45) is 0 Å². The van der Waals surface area contributed by atoms with Crippen molar-refractivity contribution in [2.75, 3.05) is 47.5 Å². The molecule has 10 heteroatoms. The number of ether oxygens (including phenoxy) is 2. The van der Waals surface area contributed by atoms with Crippen LogP contribution >= 0.6 is 7.82 Å². The molecule has 0 radical (unpaired) electrons. The van der Waals surface area contributed by atoms with Crippen LogP contribution < -0.4 is 0 Å². The third-order valence-electron chi connectivity index (χ3n) is 6.73. The van der Waals surface area contributed by atoms with Crippen LogP contribution in [0.1, 0.15) is 123 Å². The normalized spacial score (nSPS) is 14.3. The summed E-state index contributed by atoms with van der Waals surface area (Å²) in [5.41, 5.74) is 0. The summed E-state index contributed by atoms with van der Waals surface area (Å²) in [6.45, 7) is 4.17. The maximum absolute atomic E-state index is 12.5. The van der Waals surface area contributed by atoms with Crippen LogP contribution in [0.25, 0.3) is 0 Å². The number of unbranched alkanes of at least 4 members (excludes halogenated alkanes) is 11. The highest BCUT2D eigenvalue weighted by molar-refractivity contribution is 7.47. The Balaban J connectivity index is 4.33. The lowest BCUT2D eigenvalue weighted by atomic mass is 10.1. The summed E-state index contributed by atoms with van der Waals surface area (Å²) in [6.07, 6.45) is 24.5. The van der Waals surface area contributed by atoms with Crippen molar-refractivity contribution in [1.29, 1.82) is 0 Å². The number of quaternary nitrogens is 1. The predicted molar refractivity (Wildman–Crippen MR) is 174 cm³/mol. The second kappa shape index (κ2) is 26.9. The van der Waals surface area contributed by atoms with Crippen LogP contribution in [0, 0.1) is 0 Å². The zero-order chi connectivity index (χ0) is 32.2. The highest BCUT2D eigenvalue weighted by Gasteiger charge is 2.27. The molecule has 0 aromatic heterocycles. The molecule has 0 spiro atoms. The molecular formula is C33H63NO8P+. The highest BCUT2D eigenvalue weighted by Crippen LogP contribution is 2.43. The van der Waals surface area contributed by atoms with E-state index in [9.17, 15) is 19.0 Å². The van der Waals surface area contributed by atoms with Gasteiger partial charge >= 0.3 is 19.8 Å². The van der Waals surface area contributed by atoms with Crippen LogP contribution in [0.5, 0.6) is 0 Å². The van der Waals surface area contributed by atoms with Crippen LogP contribution in [-0.2, 0) is 32.7 Å². The van der Waals surface area contributed by atoms with Crippen molar-refractivity contribution in [3.63, 3.8) is 0 Å². The number of hydrogen-bond acceptors (Lipinski definition) is 7. The summed E-state index contributed by atoms with van der Waals surface area (Å²) in [7, 11) is 1.46. The van der Waals surface area contributed by atoms with Gasteiger partial charge < -0.3 is 18.9 Å². The maximum atomic E-state index is 12.5. The number of allylic oxidation sites excluding steroid dienone is 4. The SMILES string of the molecule is CCCCCC/C=C\C/C=C\CCCCCCCC(=O)OC(COC(=O)CCCCC)COP(=O)(O)OCC[N+](C)(C)C. The number of carbonyl (C=O) groups excluding carboxylic acids is 2. The Bertz CT molecular complexity index is 809. The van der Waals surface area contributed by atoms with Crippen LogP contribution in [-0.4, -0.2) is 74.9 Å². The lowest BCUT2D eigenvalue weighted by molar-refractivity contribution is -0.870. The van der Waals surface area contributed by atoms with Gasteiger partial charge in [-0.25, -0.2) is 4.57 Å². The van der Waals surface area contributed by atoms with Crippen molar-refractivity contribution in [2.45, 2.75) is 129 Å². The van der Waals surface area contributed by atoms with Gasteiger partial charge in [0.05, 0.1) is 27.7 Å². The van der Waals surface area contributed by atoms with Crippen molar-refractivity contribution in [3.05, 3.63) is 24.3 Å². The highest BCUT2D eigenvalue weighted by atomic mass is 31.2. The van der Waals surface area contributed by atoms with Gasteiger partial charge in [0.2, 0.25) is 0 Å². The van der Waals surface area contributed by atoms with Gasteiger partial charge in [0.15, 0.2) is 6.10 Å². The second-order valence-corrected chi connectivity index (χ2v) is 13.7. The minimum Gasteiger partial charge on any atom is -0.462 e. The summed E-state index contributed by atoms with van der Waals surface area (Å²) in [6, 6.07) is 0. The summed E-state index contributed by atoms with van der Waals surface area (Å²) in [5, 5.41) is 0. The van der Waals surface area contributed by atoms with Crippen molar-refractivity contribution < 1.29 is 42.1 Å². The molecule has 0 fully saturated rings. The number of phosphoric ester groups is 1. The number of phosphoric acid groups is 1. The van der Waals surface area contributed by atoms with Crippen LogP contribution in [0.15, 0.2) is 24.3 Å². The largest absolute Gasteiger partial charge is 0.472 e. The Morgan fingerprint density at radius 3 is 1.88 bits per heavy atom. The standard InChI is InChI=1S/C33H62NO8P/c1-6-8-10-11-12-13-14-15-16-17-18-19-20-21-22-24-26-33(36)42-31(29-39-32(35)25-23-9-7-2)30-41-43(37,38)40-28-27-34(3,4)5/h13-14,16-17,31H,6-12,15,18-30H2,1-5H3/p+1/b14-13-,17-16-. The molecule has 2 unspecified atom stereocenters. The Hall–Kier alpha value is -1.51. The van der Waals surface area contributed by atoms with E-state index in [1.807, 2.05) is 28.1 Å². The smallest absolute Gasteiger partial charge is 0.462 e. The van der Waals surface area contributed by atoms with Crippen LogP contribution in [0.3, 0.4) is 0 Å². The molecule has 0 rings (SSSR count). The lowest BCUT2D eigenvalue weighted by Gasteiger charge is -2.24. The van der Waals surface area contributed by atoms with Gasteiger partial charge in [0.25, 0.3) is 0 Å². The van der Waals surface area contributed by atoms with E-state index in [1.54, 1.807) is 0 Å². The molecule has 0 amide bonds. The minimum atomic E-state index is -4.35. The van der Waals surface area contributed by atoms with Gasteiger partial charge in [-0.15, -0.1) is 0 Å². The predicted octanol–water partition coefficient (Wildman–Crippen LogP) is 8.07. The fraction of sp³-hybridized carbons (Fsp3) is 0.818. The molecule has 0 saturated carbocycles. The van der Waals surface area contributed by atoms with E-state index < -0.39 is 32.5 Å². The summed E-state index contributed by atoms with van der Waals surface area (Å²) in [5.74, 6) is -0.847. The zero-order valence-electron chi connectivity index (χ0n) is 27.9. The van der Waals surface area contributed by atoms with E-state index in [4.69, 9.17) is 18.5 Å². The zero-order valence-corrected chi connectivity index (χ0v) is 28.8. The van der Waals surface area contributed by atoms with Gasteiger partial charge in [0.1, 0.15) is 19.8 Å². The molecule has 1 N–H and O–H groups in total. The average Bonchev–Trinajstić information content (AvgIpc) is 2.93. The Morgan fingerprint density at radius 1 is 0.721 bits per heavy atom. The fourth-order valence-corrected chi connectivity index (χ4v) is 4.78. The monoisotopic (exact) mass is 632 g/mol. The number of rotatable bonds is 29. The molecule has 0 aliphatic rings. The average molecular weight is 633 g/mol. The molecular weight excluding hydrogens is 569 g/mol. The Kier molecular flexibility index (Phi) is 25.9. The summed E-state index contributed by atoms with van der Waals surface area (Å²) >= 11 is 0. The minimum absolute atomic E-state index is 0.0288. The van der Waals surface area contributed by atoms with Gasteiger partial charge in [-0.05, 0) is 44.9 Å². The van der Waals surface area contributed by atoms with Crippen molar-refractivity contribution in [1.82, 2.24) is 0 Å². The third kappa shape index (κ3) is 30.3. The maximum Gasteiger partial charge on any atom is 0.472 e. The van der Waals surface area contributed by atoms with Crippen molar-refractivity contribution >= 4 is 19.8 Å². The van der Waals surface area contributed by atoms with Gasteiger partial charge in [-0.1, -0.05) is 89.5 Å². The van der Waals surface area contributed by atoms with Crippen LogP contribution in [0.2, 0.25) is 0 Å². The van der Waals surface area contributed by atoms with Crippen LogP contribution in [0.4, 0.5) is 0 Å². The van der Waals surface area contributed by atoms with E-state index in [0.29, 0.717) is 17.4 Å². The number of nitrogens with zero attached hydrogens (tertiary/aromatic N) is 1. The molecule has 9 nitrogen and oxygen atoms in total. The molecule has 0 aromatic carbocycles. The quantitative estimate of drug-likeness (QED) is 0.0290. The molecule has 0 heterocycles. The topological polar surface area (TPSA) is 108 Å². The molecule has 252 valence electrons. The van der Waals surface area contributed by atoms with E-state index in [2.05, 4.69) is 31.2 Å². The summed E-state index contributed by atoms with van der Waals surface area (Å²) in [4.78, 5) is 34.5. The molecule has 0 aliphatic heterocycles. The Morgan fingerprint density at radius 2 is 1.26 bits per heavy atom. The second-order valence-electron chi connectivity index (χ2n) is 12.2. The summed E-state index contributed by atoms with van der Waals surface area (Å²) < 4.78 is 33.7. The molecule has 0 aliphatic carbocycles. The van der Waals surface area contributed by atoms with Gasteiger partial charge in [-0.3, -0.25) is 18.6 Å². The fourth-order valence-electron chi connectivity index (χ4n) is 4.04. The molecule has 2 atom stereocenters. The van der Waals surface area contributed by atoms with E-state index in [-0.39, 0.29) is 26.1 Å². The van der Waals surface area contributed by atoms with Gasteiger partial charge in [-0.2, -0.15) is 0 Å². The number of hydrogen-bond donors (Lipinski definition) is 1.